The zero-order chi connectivity index (χ0) is 20.6. The molecule has 0 bridgehead atoms. The van der Waals surface area contributed by atoms with E-state index in [9.17, 15) is 4.79 Å². The number of methoxy groups -OCH3 is 3. The second-order valence-corrected chi connectivity index (χ2v) is 5.81. The molecule has 148 valence electrons. The van der Waals surface area contributed by atoms with Gasteiger partial charge in [-0.2, -0.15) is 8.42 Å². The van der Waals surface area contributed by atoms with E-state index >= 15 is 0 Å². The van der Waals surface area contributed by atoms with Crippen LogP contribution in [0.15, 0.2) is 30.6 Å². The summed E-state index contributed by atoms with van der Waals surface area (Å²) in [5, 5.41) is 3.15. The molecule has 0 atom stereocenters. The minimum Gasteiger partial charge on any atom is -0.493 e. The highest BCUT2D eigenvalue weighted by atomic mass is 32.3. The van der Waals surface area contributed by atoms with Crippen molar-refractivity contribution in [3.8, 4) is 11.5 Å². The molecule has 0 fully saturated rings. The highest BCUT2D eigenvalue weighted by Gasteiger charge is 2.16. The molecule has 0 unspecified atom stereocenters. The lowest BCUT2D eigenvalue weighted by Gasteiger charge is -2.09. The Morgan fingerprint density at radius 3 is 2.22 bits per heavy atom. The molecule has 11 nitrogen and oxygen atoms in total. The van der Waals surface area contributed by atoms with E-state index in [-0.39, 0.29) is 0 Å². The van der Waals surface area contributed by atoms with Crippen LogP contribution in [0, 0.1) is 0 Å². The number of ether oxygens (including phenoxy) is 3. The van der Waals surface area contributed by atoms with Gasteiger partial charge in [-0.15, -0.1) is 0 Å². The maximum atomic E-state index is 11.5. The van der Waals surface area contributed by atoms with Crippen LogP contribution >= 0.6 is 0 Å². The molecule has 27 heavy (non-hydrogen) atoms. The SMILES string of the molecule is COC(=O)c1cnc(Nc2ccc(OC)c(OC)c2)[n+](C)c1.O=S(=O)(O)O. The van der Waals surface area contributed by atoms with Crippen molar-refractivity contribution in [3.63, 3.8) is 0 Å². The van der Waals surface area contributed by atoms with Gasteiger partial charge in [-0.25, -0.2) is 14.7 Å². The third-order valence-corrected chi connectivity index (χ3v) is 3.05. The number of nitrogens with zero attached hydrogens (tertiary/aromatic N) is 2. The Bertz CT molecular complexity index is 894. The Hall–Kier alpha value is -2.96. The summed E-state index contributed by atoms with van der Waals surface area (Å²) in [6.45, 7) is 0. The molecule has 1 aromatic carbocycles. The minimum absolute atomic E-state index is 0.378. The van der Waals surface area contributed by atoms with Crippen LogP contribution in [0.2, 0.25) is 0 Å². The van der Waals surface area contributed by atoms with E-state index in [1.807, 2.05) is 6.07 Å². The molecule has 3 N–H and O–H groups in total. The number of nitrogens with one attached hydrogen (secondary N) is 1. The Kier molecular flexibility index (Phi) is 7.90. The minimum atomic E-state index is -4.67. The highest BCUT2D eigenvalue weighted by molar-refractivity contribution is 7.79. The van der Waals surface area contributed by atoms with Gasteiger partial charge in [0, 0.05) is 6.07 Å². The number of aromatic nitrogens is 2. The second kappa shape index (κ2) is 9.66. The number of esters is 1. The summed E-state index contributed by atoms with van der Waals surface area (Å²) < 4.78 is 48.4. The van der Waals surface area contributed by atoms with E-state index in [1.54, 1.807) is 44.2 Å². The summed E-state index contributed by atoms with van der Waals surface area (Å²) >= 11 is 0. The molecule has 0 aliphatic carbocycles. The lowest BCUT2D eigenvalue weighted by Crippen LogP contribution is -2.34. The van der Waals surface area contributed by atoms with Crippen LogP contribution in [0.1, 0.15) is 10.4 Å². The molecule has 0 aliphatic heterocycles. The normalized spacial score (nSPS) is 10.3. The number of benzene rings is 1. The first-order valence-corrected chi connectivity index (χ1v) is 8.61. The van der Waals surface area contributed by atoms with Crippen molar-refractivity contribution < 1.29 is 41.1 Å². The summed E-state index contributed by atoms with van der Waals surface area (Å²) in [6.07, 6.45) is 3.09. The second-order valence-electron chi connectivity index (χ2n) is 4.91. The van der Waals surface area contributed by atoms with Gasteiger partial charge < -0.3 is 14.2 Å². The summed E-state index contributed by atoms with van der Waals surface area (Å²) in [5.41, 5.74) is 1.16. The molecule has 0 aliphatic rings. The zero-order valence-corrected chi connectivity index (χ0v) is 15.8. The van der Waals surface area contributed by atoms with E-state index < -0.39 is 16.4 Å². The van der Waals surface area contributed by atoms with E-state index in [0.717, 1.165) is 5.69 Å². The fourth-order valence-electron chi connectivity index (χ4n) is 1.91. The summed E-state index contributed by atoms with van der Waals surface area (Å²) in [4.78, 5) is 15.7. The first-order chi connectivity index (χ1) is 12.6. The first-order valence-electron chi connectivity index (χ1n) is 7.22. The van der Waals surface area contributed by atoms with Crippen molar-refractivity contribution >= 4 is 28.0 Å². The number of carbonyl (C=O) groups is 1. The van der Waals surface area contributed by atoms with Crippen LogP contribution in [0.25, 0.3) is 0 Å². The van der Waals surface area contributed by atoms with Crippen LogP contribution in [0.5, 0.6) is 11.5 Å². The molecule has 12 heteroatoms. The van der Waals surface area contributed by atoms with Crippen molar-refractivity contribution in [1.82, 2.24) is 4.98 Å². The van der Waals surface area contributed by atoms with E-state index in [1.165, 1.54) is 13.3 Å². The molecular formula is C15H20N3O8S+. The van der Waals surface area contributed by atoms with Crippen LogP contribution in [-0.2, 0) is 22.2 Å². The molecular weight excluding hydrogens is 382 g/mol. The maximum Gasteiger partial charge on any atom is 0.396 e. The van der Waals surface area contributed by atoms with Gasteiger partial charge >= 0.3 is 22.3 Å². The van der Waals surface area contributed by atoms with Crippen molar-refractivity contribution in [3.05, 3.63) is 36.2 Å². The van der Waals surface area contributed by atoms with Gasteiger partial charge in [0.05, 0.1) is 34.6 Å². The number of anilines is 2. The van der Waals surface area contributed by atoms with Gasteiger partial charge in [0.15, 0.2) is 11.5 Å². The molecule has 1 aromatic heterocycles. The molecule has 2 aromatic rings. The molecule has 0 amide bonds. The van der Waals surface area contributed by atoms with Crippen molar-refractivity contribution in [1.29, 1.82) is 0 Å². The van der Waals surface area contributed by atoms with Gasteiger partial charge in [-0.1, -0.05) is 4.98 Å². The largest absolute Gasteiger partial charge is 0.493 e. The summed E-state index contributed by atoms with van der Waals surface area (Å²) in [7, 11) is 1.60. The predicted octanol–water partition coefficient (Wildman–Crippen LogP) is 0.801. The van der Waals surface area contributed by atoms with Crippen molar-refractivity contribution in [2.24, 2.45) is 7.05 Å². The summed E-state index contributed by atoms with van der Waals surface area (Å²) in [6, 6.07) is 5.44. The van der Waals surface area contributed by atoms with Gasteiger partial charge in [0.2, 0.25) is 0 Å². The molecule has 0 radical (unpaired) electrons. The third-order valence-electron chi connectivity index (χ3n) is 3.05. The standard InChI is InChI=1S/C15H17N3O4.H2O4S/c1-18-9-10(14(19)22-4)8-16-15(18)17-11-5-6-12(20-2)13(7-11)21-3;1-5(2,3)4/h5-9H,1-4H3;(H2,1,2,3,4)/p+1. The van der Waals surface area contributed by atoms with Crippen molar-refractivity contribution in [2.45, 2.75) is 0 Å². The third kappa shape index (κ3) is 7.43. The van der Waals surface area contributed by atoms with Gasteiger partial charge in [-0.3, -0.25) is 9.11 Å². The number of carbonyl (C=O) groups excluding carboxylic acids is 1. The Morgan fingerprint density at radius 1 is 1.15 bits per heavy atom. The van der Waals surface area contributed by atoms with E-state index in [2.05, 4.69) is 15.0 Å². The molecule has 0 spiro atoms. The molecule has 0 saturated carbocycles. The smallest absolute Gasteiger partial charge is 0.396 e. The van der Waals surface area contributed by atoms with E-state index in [4.69, 9.17) is 27.0 Å². The number of hydrogen-bond donors (Lipinski definition) is 3. The lowest BCUT2D eigenvalue weighted by molar-refractivity contribution is -0.659. The Labute approximate surface area is 156 Å². The highest BCUT2D eigenvalue weighted by Crippen LogP contribution is 2.30. The average Bonchev–Trinajstić information content (AvgIpc) is 2.61. The fourth-order valence-corrected chi connectivity index (χ4v) is 1.91. The van der Waals surface area contributed by atoms with Gasteiger partial charge in [0.25, 0.3) is 0 Å². The molecule has 2 rings (SSSR count). The van der Waals surface area contributed by atoms with E-state index in [0.29, 0.717) is 23.0 Å². The fraction of sp³-hybridized carbons (Fsp3) is 0.267. The van der Waals surface area contributed by atoms with Crippen molar-refractivity contribution in [2.75, 3.05) is 26.6 Å². The zero-order valence-electron chi connectivity index (χ0n) is 15.0. The van der Waals surface area contributed by atoms with Crippen LogP contribution in [-0.4, -0.2) is 49.8 Å². The van der Waals surface area contributed by atoms with Gasteiger partial charge in [-0.05, 0) is 12.1 Å². The van der Waals surface area contributed by atoms with Crippen LogP contribution < -0.4 is 19.4 Å². The van der Waals surface area contributed by atoms with Gasteiger partial charge in [0.1, 0.15) is 17.4 Å². The first kappa shape index (κ1) is 22.1. The molecule has 1 heterocycles. The topological polar surface area (TPSA) is 148 Å². The number of rotatable bonds is 5. The predicted molar refractivity (Wildman–Crippen MR) is 93.8 cm³/mol. The van der Waals surface area contributed by atoms with Crippen LogP contribution in [0.4, 0.5) is 11.6 Å². The number of aryl methyl sites for hydroxylation is 1. The molecule has 0 saturated heterocycles. The Balaban J connectivity index is 0.000000646. The average molecular weight is 402 g/mol. The maximum absolute atomic E-state index is 11.5. The Morgan fingerprint density at radius 2 is 1.74 bits per heavy atom. The lowest BCUT2D eigenvalue weighted by atomic mass is 10.2. The monoisotopic (exact) mass is 402 g/mol. The van der Waals surface area contributed by atoms with Crippen LogP contribution in [0.3, 0.4) is 0 Å². The summed E-state index contributed by atoms with van der Waals surface area (Å²) in [5.74, 6) is 1.40. The number of hydrogen-bond acceptors (Lipinski definition) is 8. The quantitative estimate of drug-likeness (QED) is 0.372.